The lowest BCUT2D eigenvalue weighted by atomic mass is 9.99. The van der Waals surface area contributed by atoms with Gasteiger partial charge in [0.2, 0.25) is 11.8 Å². The van der Waals surface area contributed by atoms with Crippen LogP contribution in [-0.2, 0) is 24.2 Å². The predicted octanol–water partition coefficient (Wildman–Crippen LogP) is 4.77. The number of fused-ring (bicyclic) bond motifs is 1. The number of amides is 3. The van der Waals surface area contributed by atoms with E-state index < -0.39 is 30.0 Å². The van der Waals surface area contributed by atoms with Crippen molar-refractivity contribution < 1.29 is 24.0 Å². The van der Waals surface area contributed by atoms with Crippen molar-refractivity contribution in [1.29, 1.82) is 0 Å². The molecule has 3 amide bonds. The van der Waals surface area contributed by atoms with Gasteiger partial charge >= 0.3 is 6.09 Å². The SMILES string of the molecule is CN(C(=O)[C@@H](Cc1ccc2ccccc2c1)NC(=O)O)[C@H](Cc1ccccc1)c1nc(C(=O)NCc2ccccc2)no1. The minimum atomic E-state index is -1.32. The Labute approximate surface area is 248 Å². The second-order valence-electron chi connectivity index (χ2n) is 10.2. The number of likely N-dealkylation sites (N-methyl/N-ethyl adjacent to an activating group) is 1. The molecule has 0 spiro atoms. The van der Waals surface area contributed by atoms with E-state index >= 15 is 0 Å². The highest BCUT2D eigenvalue weighted by molar-refractivity contribution is 5.90. The molecule has 10 nitrogen and oxygen atoms in total. The summed E-state index contributed by atoms with van der Waals surface area (Å²) >= 11 is 0. The Hall–Kier alpha value is -5.51. The summed E-state index contributed by atoms with van der Waals surface area (Å²) in [6.07, 6.45) is -0.885. The second-order valence-corrected chi connectivity index (χ2v) is 10.2. The zero-order valence-corrected chi connectivity index (χ0v) is 23.5. The normalized spacial score (nSPS) is 12.3. The summed E-state index contributed by atoms with van der Waals surface area (Å²) in [4.78, 5) is 44.2. The van der Waals surface area contributed by atoms with Crippen LogP contribution < -0.4 is 10.6 Å². The summed E-state index contributed by atoms with van der Waals surface area (Å²) in [6.45, 7) is 0.284. The molecule has 0 bridgehead atoms. The van der Waals surface area contributed by atoms with Crippen molar-refractivity contribution in [2.75, 3.05) is 7.05 Å². The van der Waals surface area contributed by atoms with Crippen LogP contribution in [0.4, 0.5) is 4.79 Å². The van der Waals surface area contributed by atoms with Gasteiger partial charge in [-0.25, -0.2) is 4.79 Å². The summed E-state index contributed by atoms with van der Waals surface area (Å²) in [6, 6.07) is 30.6. The predicted molar refractivity (Wildman–Crippen MR) is 160 cm³/mol. The van der Waals surface area contributed by atoms with E-state index in [-0.39, 0.29) is 24.7 Å². The fraction of sp³-hybridized carbons (Fsp3) is 0.182. The Morgan fingerprint density at radius 1 is 0.814 bits per heavy atom. The molecule has 2 atom stereocenters. The van der Waals surface area contributed by atoms with E-state index in [1.807, 2.05) is 103 Å². The van der Waals surface area contributed by atoms with E-state index in [4.69, 9.17) is 4.52 Å². The van der Waals surface area contributed by atoms with Gasteiger partial charge < -0.3 is 25.2 Å². The van der Waals surface area contributed by atoms with Crippen molar-refractivity contribution in [3.8, 4) is 0 Å². The number of carboxylic acid groups (broad SMARTS) is 1. The first kappa shape index (κ1) is 29.0. The lowest BCUT2D eigenvalue weighted by molar-refractivity contribution is -0.134. The van der Waals surface area contributed by atoms with Crippen LogP contribution in [0.25, 0.3) is 10.8 Å². The monoisotopic (exact) mass is 577 g/mol. The molecule has 43 heavy (non-hydrogen) atoms. The van der Waals surface area contributed by atoms with Gasteiger partial charge in [0.25, 0.3) is 11.7 Å². The first-order chi connectivity index (χ1) is 20.9. The number of carbonyl (C=O) groups is 3. The largest absolute Gasteiger partial charge is 0.465 e. The highest BCUT2D eigenvalue weighted by Crippen LogP contribution is 2.25. The van der Waals surface area contributed by atoms with Crippen molar-refractivity contribution in [1.82, 2.24) is 25.7 Å². The molecular formula is C33H31N5O5. The van der Waals surface area contributed by atoms with Crippen molar-refractivity contribution >= 4 is 28.7 Å². The molecule has 1 heterocycles. The van der Waals surface area contributed by atoms with Crippen molar-refractivity contribution in [3.63, 3.8) is 0 Å². The number of hydrogen-bond acceptors (Lipinski definition) is 6. The molecule has 0 fully saturated rings. The molecular weight excluding hydrogens is 546 g/mol. The van der Waals surface area contributed by atoms with Crippen LogP contribution in [0.2, 0.25) is 0 Å². The molecule has 0 aliphatic heterocycles. The van der Waals surface area contributed by atoms with Crippen LogP contribution in [0.1, 0.15) is 39.2 Å². The summed E-state index contributed by atoms with van der Waals surface area (Å²) in [5.41, 5.74) is 2.60. The molecule has 0 saturated carbocycles. The number of nitrogens with zero attached hydrogens (tertiary/aromatic N) is 3. The minimum Gasteiger partial charge on any atom is -0.465 e. The van der Waals surface area contributed by atoms with Crippen LogP contribution in [0.5, 0.6) is 0 Å². The van der Waals surface area contributed by atoms with Crippen LogP contribution in [0, 0.1) is 0 Å². The van der Waals surface area contributed by atoms with Crippen LogP contribution in [0.3, 0.4) is 0 Å². The fourth-order valence-electron chi connectivity index (χ4n) is 4.90. The third-order valence-corrected chi connectivity index (χ3v) is 7.16. The van der Waals surface area contributed by atoms with E-state index in [1.54, 1.807) is 7.05 Å². The minimum absolute atomic E-state index is 0.0596. The molecule has 1 aromatic heterocycles. The average molecular weight is 578 g/mol. The Morgan fingerprint density at radius 3 is 2.16 bits per heavy atom. The van der Waals surface area contributed by atoms with Crippen LogP contribution in [-0.4, -0.2) is 51.1 Å². The van der Waals surface area contributed by atoms with Gasteiger partial charge in [-0.3, -0.25) is 9.59 Å². The number of rotatable bonds is 11. The maximum absolute atomic E-state index is 13.9. The highest BCUT2D eigenvalue weighted by atomic mass is 16.5. The molecule has 10 heteroatoms. The van der Waals surface area contributed by atoms with E-state index in [9.17, 15) is 19.5 Å². The zero-order chi connectivity index (χ0) is 30.2. The molecule has 0 saturated heterocycles. The summed E-state index contributed by atoms with van der Waals surface area (Å²) in [7, 11) is 1.56. The van der Waals surface area contributed by atoms with Crippen molar-refractivity contribution in [3.05, 3.63) is 132 Å². The van der Waals surface area contributed by atoms with E-state index in [0.717, 1.165) is 27.5 Å². The standard InChI is InChI=1S/C33H31N5O5/c1-38(32(40)27(35-33(41)42)19-24-16-17-25-14-8-9-15-26(25)18-24)28(20-22-10-4-2-5-11-22)31-36-29(37-43-31)30(39)34-21-23-12-6-3-7-13-23/h2-18,27-28,35H,19-21H2,1H3,(H,34,39)(H,41,42)/t27-,28-/m1/s1. The maximum atomic E-state index is 13.9. The van der Waals surface area contributed by atoms with Crippen LogP contribution >= 0.6 is 0 Å². The molecule has 0 unspecified atom stereocenters. The van der Waals surface area contributed by atoms with Crippen molar-refractivity contribution in [2.24, 2.45) is 0 Å². The van der Waals surface area contributed by atoms with Gasteiger partial charge in [-0.05, 0) is 27.5 Å². The van der Waals surface area contributed by atoms with Gasteiger partial charge in [0.05, 0.1) is 0 Å². The van der Waals surface area contributed by atoms with Gasteiger partial charge in [0, 0.05) is 26.4 Å². The van der Waals surface area contributed by atoms with Gasteiger partial charge in [0.15, 0.2) is 0 Å². The van der Waals surface area contributed by atoms with E-state index in [2.05, 4.69) is 20.8 Å². The first-order valence-electron chi connectivity index (χ1n) is 13.8. The summed E-state index contributed by atoms with van der Waals surface area (Å²) in [5, 5.41) is 20.6. The Balaban J connectivity index is 1.38. The molecule has 0 radical (unpaired) electrons. The Morgan fingerprint density at radius 2 is 1.47 bits per heavy atom. The summed E-state index contributed by atoms with van der Waals surface area (Å²) < 4.78 is 5.52. The average Bonchev–Trinajstić information content (AvgIpc) is 3.52. The van der Waals surface area contributed by atoms with Gasteiger partial charge in [0.1, 0.15) is 12.1 Å². The topological polar surface area (TPSA) is 138 Å². The molecule has 3 N–H and O–H groups in total. The third-order valence-electron chi connectivity index (χ3n) is 7.16. The lowest BCUT2D eigenvalue weighted by Crippen LogP contribution is -2.49. The quantitative estimate of drug-likeness (QED) is 0.206. The molecule has 5 rings (SSSR count). The smallest absolute Gasteiger partial charge is 0.405 e. The lowest BCUT2D eigenvalue weighted by Gasteiger charge is -2.29. The zero-order valence-electron chi connectivity index (χ0n) is 23.5. The highest BCUT2D eigenvalue weighted by Gasteiger charge is 2.33. The third kappa shape index (κ3) is 7.42. The number of carbonyl (C=O) groups excluding carboxylic acids is 2. The number of benzene rings is 4. The fourth-order valence-corrected chi connectivity index (χ4v) is 4.90. The number of nitrogens with one attached hydrogen (secondary N) is 2. The maximum Gasteiger partial charge on any atom is 0.405 e. The molecule has 4 aromatic carbocycles. The van der Waals surface area contributed by atoms with Gasteiger partial charge in [-0.15, -0.1) is 0 Å². The van der Waals surface area contributed by atoms with Gasteiger partial charge in [-0.2, -0.15) is 4.98 Å². The van der Waals surface area contributed by atoms with E-state index in [0.29, 0.717) is 6.42 Å². The Bertz CT molecular complexity index is 1710. The van der Waals surface area contributed by atoms with E-state index in [1.165, 1.54) is 4.90 Å². The molecule has 5 aromatic rings. The second kappa shape index (κ2) is 13.4. The first-order valence-corrected chi connectivity index (χ1v) is 13.8. The van der Waals surface area contributed by atoms with Gasteiger partial charge in [-0.1, -0.05) is 108 Å². The Kier molecular flexibility index (Phi) is 9.06. The number of hydrogen-bond donors (Lipinski definition) is 3. The van der Waals surface area contributed by atoms with Crippen LogP contribution in [0.15, 0.2) is 108 Å². The number of aromatic nitrogens is 2. The van der Waals surface area contributed by atoms with Crippen molar-refractivity contribution in [2.45, 2.75) is 31.5 Å². The summed E-state index contributed by atoms with van der Waals surface area (Å²) in [5.74, 6) is -1.11. The molecule has 0 aliphatic carbocycles. The molecule has 218 valence electrons. The molecule has 0 aliphatic rings.